The molecule has 28 heavy (non-hydrogen) atoms. The average molecular weight is 431 g/mol. The maximum atomic E-state index is 13.8. The lowest BCUT2D eigenvalue weighted by atomic mass is 10.2. The lowest BCUT2D eigenvalue weighted by molar-refractivity contribution is -0.118. The monoisotopic (exact) mass is 430 g/mol. The Morgan fingerprint density at radius 1 is 1.36 bits per heavy atom. The minimum absolute atomic E-state index is 0.0183. The van der Waals surface area contributed by atoms with E-state index in [2.05, 4.69) is 20.6 Å². The van der Waals surface area contributed by atoms with Crippen molar-refractivity contribution in [1.29, 1.82) is 0 Å². The molecule has 0 bridgehead atoms. The first-order valence-corrected chi connectivity index (χ1v) is 10.2. The summed E-state index contributed by atoms with van der Waals surface area (Å²) in [4.78, 5) is 31.0. The van der Waals surface area contributed by atoms with Crippen molar-refractivity contribution in [2.75, 3.05) is 24.7 Å². The number of aliphatic hydroxyl groups is 1. The number of amides is 1. The molecule has 0 spiro atoms. The van der Waals surface area contributed by atoms with E-state index in [9.17, 15) is 23.5 Å². The van der Waals surface area contributed by atoms with Gasteiger partial charge in [-0.15, -0.1) is 11.8 Å². The average Bonchev–Trinajstić information content (AvgIpc) is 2.68. The third-order valence-electron chi connectivity index (χ3n) is 3.53. The highest BCUT2D eigenvalue weighted by Crippen LogP contribution is 2.27. The van der Waals surface area contributed by atoms with E-state index in [1.54, 1.807) is 6.92 Å². The van der Waals surface area contributed by atoms with E-state index in [0.717, 1.165) is 29.6 Å². The highest BCUT2D eigenvalue weighted by molar-refractivity contribution is 8.00. The van der Waals surface area contributed by atoms with Gasteiger partial charge in [0.15, 0.2) is 16.8 Å². The Balaban J connectivity index is 2.26. The highest BCUT2D eigenvalue weighted by Gasteiger charge is 2.16. The van der Waals surface area contributed by atoms with E-state index in [0.29, 0.717) is 0 Å². The van der Waals surface area contributed by atoms with Crippen LogP contribution in [0.25, 0.3) is 0 Å². The molecule has 0 unspecified atom stereocenters. The predicted octanol–water partition coefficient (Wildman–Crippen LogP) is 1.97. The molecule has 2 aromatic rings. The number of carbonyl (C=O) groups is 1. The minimum atomic E-state index is -0.945. The van der Waals surface area contributed by atoms with Crippen molar-refractivity contribution in [2.45, 2.75) is 28.8 Å². The molecule has 11 heteroatoms. The number of halogens is 2. The van der Waals surface area contributed by atoms with Crippen LogP contribution in [0.2, 0.25) is 0 Å². The smallest absolute Gasteiger partial charge is 0.267 e. The van der Waals surface area contributed by atoms with Gasteiger partial charge in [0, 0.05) is 24.4 Å². The van der Waals surface area contributed by atoms with Crippen molar-refractivity contribution in [2.24, 2.45) is 0 Å². The molecule has 1 aromatic heterocycles. The molecule has 1 aromatic carbocycles. The van der Waals surface area contributed by atoms with Gasteiger partial charge in [0.1, 0.15) is 10.7 Å². The number of nitrogens with zero attached hydrogens (tertiary/aromatic N) is 1. The number of H-pyrrole nitrogens is 1. The fourth-order valence-corrected chi connectivity index (χ4v) is 3.72. The second-order valence-corrected chi connectivity index (χ2v) is 7.69. The van der Waals surface area contributed by atoms with E-state index >= 15 is 0 Å². The zero-order valence-electron chi connectivity index (χ0n) is 15.2. The Morgan fingerprint density at radius 2 is 2.11 bits per heavy atom. The van der Waals surface area contributed by atoms with Crippen LogP contribution in [0, 0.1) is 11.6 Å². The lowest BCUT2D eigenvalue weighted by Crippen LogP contribution is -2.25. The van der Waals surface area contributed by atoms with Crippen LogP contribution in [0.1, 0.15) is 12.5 Å². The first kappa shape index (κ1) is 22.2. The molecular weight excluding hydrogens is 410 g/mol. The Kier molecular flexibility index (Phi) is 8.27. The van der Waals surface area contributed by atoms with Gasteiger partial charge in [-0.05, 0) is 13.0 Å². The highest BCUT2D eigenvalue weighted by atomic mass is 32.2. The van der Waals surface area contributed by atoms with Crippen molar-refractivity contribution in [3.8, 4) is 0 Å². The Labute approximate surface area is 168 Å². The Morgan fingerprint density at radius 3 is 2.79 bits per heavy atom. The third-order valence-corrected chi connectivity index (χ3v) is 5.53. The molecule has 7 nitrogen and oxygen atoms in total. The molecule has 0 aliphatic heterocycles. The maximum Gasteiger partial charge on any atom is 0.267 e. The van der Waals surface area contributed by atoms with Gasteiger partial charge in [-0.2, -0.15) is 0 Å². The number of benzene rings is 1. The Bertz CT molecular complexity index is 895. The molecule has 1 heterocycles. The zero-order chi connectivity index (χ0) is 20.7. The lowest BCUT2D eigenvalue weighted by Gasteiger charge is -2.15. The standard InChI is InChI=1S/C17H20F2N4O3S2/c1-9(6-24)21-15-14(27-8-12(25)20-2)16(26)23-17(22-15)28-7-10-4-3-5-11(18)13(10)19/h3-5,9,24H,6-8H2,1-2H3,(H,20,25)(H2,21,22,23,26)/t9-/m1/s1. The molecule has 1 amide bonds. The molecule has 2 rings (SSSR count). The summed E-state index contributed by atoms with van der Waals surface area (Å²) in [5.41, 5.74) is -0.331. The van der Waals surface area contributed by atoms with Gasteiger partial charge in [0.05, 0.1) is 12.4 Å². The fraction of sp³-hybridized carbons (Fsp3) is 0.353. The van der Waals surface area contributed by atoms with Gasteiger partial charge >= 0.3 is 0 Å². The van der Waals surface area contributed by atoms with Crippen LogP contribution in [0.5, 0.6) is 0 Å². The molecular formula is C17H20F2N4O3S2. The first-order valence-electron chi connectivity index (χ1n) is 8.26. The largest absolute Gasteiger partial charge is 0.394 e. The van der Waals surface area contributed by atoms with Crippen LogP contribution < -0.4 is 16.2 Å². The SMILES string of the molecule is CNC(=O)CSc1c(N[C@H](C)CO)nc(SCc2cccc(F)c2F)[nH]c1=O. The van der Waals surface area contributed by atoms with Gasteiger partial charge in [-0.25, -0.2) is 13.8 Å². The summed E-state index contributed by atoms with van der Waals surface area (Å²) < 4.78 is 27.1. The van der Waals surface area contributed by atoms with Gasteiger partial charge < -0.3 is 20.7 Å². The van der Waals surface area contributed by atoms with Crippen LogP contribution in [0.15, 0.2) is 33.0 Å². The fourth-order valence-electron chi connectivity index (χ4n) is 2.04. The number of aromatic nitrogens is 2. The number of carbonyl (C=O) groups excluding carboxylic acids is 1. The number of nitrogens with one attached hydrogen (secondary N) is 3. The number of hydrogen-bond acceptors (Lipinski definition) is 7. The minimum Gasteiger partial charge on any atom is -0.394 e. The van der Waals surface area contributed by atoms with Gasteiger partial charge in [-0.3, -0.25) is 9.59 Å². The zero-order valence-corrected chi connectivity index (χ0v) is 16.8. The van der Waals surface area contributed by atoms with Crippen molar-refractivity contribution in [1.82, 2.24) is 15.3 Å². The van der Waals surface area contributed by atoms with Gasteiger partial charge in [0.25, 0.3) is 5.56 Å². The van der Waals surface area contributed by atoms with Crippen LogP contribution >= 0.6 is 23.5 Å². The second kappa shape index (κ2) is 10.4. The summed E-state index contributed by atoms with van der Waals surface area (Å²) in [6.07, 6.45) is 0. The summed E-state index contributed by atoms with van der Waals surface area (Å²) in [6, 6.07) is 3.50. The summed E-state index contributed by atoms with van der Waals surface area (Å²) in [7, 11) is 1.49. The van der Waals surface area contributed by atoms with Gasteiger partial charge in [-0.1, -0.05) is 23.9 Å². The van der Waals surface area contributed by atoms with Crippen molar-refractivity contribution in [3.05, 3.63) is 45.8 Å². The molecule has 0 radical (unpaired) electrons. The van der Waals surface area contributed by atoms with Crippen LogP contribution in [-0.4, -0.2) is 46.4 Å². The molecule has 0 aliphatic rings. The van der Waals surface area contributed by atoms with Crippen molar-refractivity contribution < 1.29 is 18.7 Å². The molecule has 0 saturated carbocycles. The van der Waals surface area contributed by atoms with E-state index in [-0.39, 0.29) is 51.5 Å². The molecule has 0 aliphatic carbocycles. The van der Waals surface area contributed by atoms with Crippen LogP contribution in [-0.2, 0) is 10.5 Å². The van der Waals surface area contributed by atoms with Crippen molar-refractivity contribution in [3.63, 3.8) is 0 Å². The topological polar surface area (TPSA) is 107 Å². The van der Waals surface area contributed by atoms with Crippen molar-refractivity contribution >= 4 is 35.2 Å². The molecule has 4 N–H and O–H groups in total. The van der Waals surface area contributed by atoms with E-state index < -0.39 is 17.2 Å². The van der Waals surface area contributed by atoms with Crippen LogP contribution in [0.3, 0.4) is 0 Å². The summed E-state index contributed by atoms with van der Waals surface area (Å²) >= 11 is 2.04. The summed E-state index contributed by atoms with van der Waals surface area (Å²) in [6.45, 7) is 1.51. The number of anilines is 1. The Hall–Kier alpha value is -2.11. The second-order valence-electron chi connectivity index (χ2n) is 5.74. The molecule has 0 saturated heterocycles. The number of thioether (sulfide) groups is 2. The molecule has 152 valence electrons. The normalized spacial score (nSPS) is 11.9. The number of rotatable bonds is 9. The number of aliphatic hydroxyl groups excluding tert-OH is 1. The molecule has 1 atom stereocenters. The van der Waals surface area contributed by atoms with Crippen LogP contribution in [0.4, 0.5) is 14.6 Å². The predicted molar refractivity (Wildman–Crippen MR) is 106 cm³/mol. The first-order chi connectivity index (χ1) is 13.3. The van der Waals surface area contributed by atoms with E-state index in [1.165, 1.54) is 19.2 Å². The third kappa shape index (κ3) is 5.94. The summed E-state index contributed by atoms with van der Waals surface area (Å²) in [5.74, 6) is -1.86. The van der Waals surface area contributed by atoms with Gasteiger partial charge in [0.2, 0.25) is 5.91 Å². The number of aromatic amines is 1. The quantitative estimate of drug-likeness (QED) is 0.356. The number of hydrogen-bond donors (Lipinski definition) is 4. The maximum absolute atomic E-state index is 13.8. The van der Waals surface area contributed by atoms with E-state index in [4.69, 9.17) is 0 Å². The van der Waals surface area contributed by atoms with E-state index in [1.807, 2.05) is 0 Å². The summed E-state index contributed by atoms with van der Waals surface area (Å²) in [5, 5.41) is 14.8. The molecule has 0 fully saturated rings.